The van der Waals surface area contributed by atoms with Crippen LogP contribution < -0.4 is 10.5 Å². The Morgan fingerprint density at radius 3 is 2.61 bits per heavy atom. The van der Waals surface area contributed by atoms with Gasteiger partial charge in [0.2, 0.25) is 0 Å². The smallest absolute Gasteiger partial charge is 0.149 e. The molecule has 1 aromatic carbocycles. The summed E-state index contributed by atoms with van der Waals surface area (Å²) in [5, 5.41) is 0. The number of hydrogen-bond donors (Lipinski definition) is 1. The molecular weight excluding hydrogens is 231 g/mol. The van der Waals surface area contributed by atoms with Gasteiger partial charge in [0.1, 0.15) is 23.4 Å². The molecular formula is C14H21FN2O. The fourth-order valence-corrected chi connectivity index (χ4v) is 2.31. The minimum absolute atomic E-state index is 0.115. The lowest BCUT2D eigenvalue weighted by Gasteiger charge is -2.34. The zero-order chi connectivity index (χ0) is 13.1. The van der Waals surface area contributed by atoms with Crippen molar-refractivity contribution in [2.75, 3.05) is 18.8 Å². The molecule has 1 fully saturated rings. The topological polar surface area (TPSA) is 38.5 Å². The first-order valence-electron chi connectivity index (χ1n) is 6.52. The maximum absolute atomic E-state index is 13.3. The number of nitrogens with zero attached hydrogens (tertiary/aromatic N) is 1. The largest absolute Gasteiger partial charge is 0.488 e. The van der Waals surface area contributed by atoms with E-state index in [-0.39, 0.29) is 11.8 Å². The number of halogens is 1. The van der Waals surface area contributed by atoms with Crippen LogP contribution in [-0.4, -0.2) is 30.1 Å². The van der Waals surface area contributed by atoms with E-state index in [1.807, 2.05) is 0 Å². The van der Waals surface area contributed by atoms with Crippen LogP contribution in [0.15, 0.2) is 18.2 Å². The molecule has 1 aliphatic heterocycles. The highest BCUT2D eigenvalue weighted by atomic mass is 19.1. The van der Waals surface area contributed by atoms with Crippen molar-refractivity contribution in [1.29, 1.82) is 0 Å². The van der Waals surface area contributed by atoms with Gasteiger partial charge in [-0.25, -0.2) is 4.39 Å². The van der Waals surface area contributed by atoms with Gasteiger partial charge in [0, 0.05) is 19.1 Å². The number of nitrogens with two attached hydrogens (primary N) is 1. The Balaban J connectivity index is 1.94. The summed E-state index contributed by atoms with van der Waals surface area (Å²) in [5.74, 6) is 0.0603. The molecule has 1 aliphatic rings. The summed E-state index contributed by atoms with van der Waals surface area (Å²) >= 11 is 0. The summed E-state index contributed by atoms with van der Waals surface area (Å²) in [6, 6.07) is 5.28. The van der Waals surface area contributed by atoms with Crippen LogP contribution in [0.2, 0.25) is 0 Å². The van der Waals surface area contributed by atoms with E-state index in [0.717, 1.165) is 25.9 Å². The van der Waals surface area contributed by atoms with Crippen LogP contribution in [0.1, 0.15) is 26.7 Å². The van der Waals surface area contributed by atoms with Crippen LogP contribution in [0.3, 0.4) is 0 Å². The summed E-state index contributed by atoms with van der Waals surface area (Å²) in [7, 11) is 0. The average Bonchev–Trinajstić information content (AvgIpc) is 2.36. The first kappa shape index (κ1) is 13.1. The lowest BCUT2D eigenvalue weighted by atomic mass is 10.1. The van der Waals surface area contributed by atoms with Gasteiger partial charge in [-0.2, -0.15) is 0 Å². The van der Waals surface area contributed by atoms with Crippen molar-refractivity contribution in [3.8, 4) is 5.75 Å². The SMILES string of the molecule is CC(C)N1CCC(Oc2cccc(F)c2N)CC1. The average molecular weight is 252 g/mol. The highest BCUT2D eigenvalue weighted by Crippen LogP contribution is 2.27. The molecule has 100 valence electrons. The van der Waals surface area contributed by atoms with E-state index in [4.69, 9.17) is 10.5 Å². The van der Waals surface area contributed by atoms with Gasteiger partial charge in [-0.1, -0.05) is 6.07 Å². The Kier molecular flexibility index (Phi) is 4.07. The number of hydrogen-bond acceptors (Lipinski definition) is 3. The minimum Gasteiger partial charge on any atom is -0.488 e. The normalized spacial score (nSPS) is 18.2. The van der Waals surface area contributed by atoms with Crippen LogP contribution in [0.5, 0.6) is 5.75 Å². The highest BCUT2D eigenvalue weighted by molar-refractivity contribution is 5.53. The van der Waals surface area contributed by atoms with Crippen molar-refractivity contribution in [1.82, 2.24) is 4.90 Å². The van der Waals surface area contributed by atoms with Crippen LogP contribution >= 0.6 is 0 Å². The fraction of sp³-hybridized carbons (Fsp3) is 0.571. The third-order valence-electron chi connectivity index (χ3n) is 3.51. The Morgan fingerprint density at radius 1 is 1.33 bits per heavy atom. The van der Waals surface area contributed by atoms with Crippen LogP contribution in [0.4, 0.5) is 10.1 Å². The summed E-state index contributed by atoms with van der Waals surface area (Å²) in [4.78, 5) is 2.43. The monoisotopic (exact) mass is 252 g/mol. The fourth-order valence-electron chi connectivity index (χ4n) is 2.31. The van der Waals surface area contributed by atoms with Gasteiger partial charge < -0.3 is 15.4 Å². The highest BCUT2D eigenvalue weighted by Gasteiger charge is 2.22. The molecule has 0 radical (unpaired) electrons. The molecule has 2 rings (SSSR count). The standard InChI is InChI=1S/C14H21FN2O/c1-10(2)17-8-6-11(7-9-17)18-13-5-3-4-12(15)14(13)16/h3-5,10-11H,6-9,16H2,1-2H3. The summed E-state index contributed by atoms with van der Waals surface area (Å²) < 4.78 is 19.1. The Bertz CT molecular complexity index is 401. The van der Waals surface area contributed by atoms with Gasteiger partial charge in [-0.05, 0) is 38.8 Å². The van der Waals surface area contributed by atoms with Gasteiger partial charge in [-0.3, -0.25) is 0 Å². The number of ether oxygens (including phenoxy) is 1. The molecule has 4 heteroatoms. The molecule has 0 aromatic heterocycles. The number of likely N-dealkylation sites (tertiary alicyclic amines) is 1. The summed E-state index contributed by atoms with van der Waals surface area (Å²) in [6.45, 7) is 6.45. The van der Waals surface area contributed by atoms with E-state index >= 15 is 0 Å². The van der Waals surface area contributed by atoms with Crippen molar-refractivity contribution < 1.29 is 9.13 Å². The van der Waals surface area contributed by atoms with Crippen molar-refractivity contribution in [2.45, 2.75) is 38.8 Å². The second-order valence-corrected chi connectivity index (χ2v) is 5.10. The van der Waals surface area contributed by atoms with Gasteiger partial charge in [0.05, 0.1) is 0 Å². The number of benzene rings is 1. The Labute approximate surface area is 108 Å². The molecule has 1 heterocycles. The molecule has 0 unspecified atom stereocenters. The molecule has 0 spiro atoms. The molecule has 0 bridgehead atoms. The summed E-state index contributed by atoms with van der Waals surface area (Å²) in [6.07, 6.45) is 2.08. The lowest BCUT2D eigenvalue weighted by Crippen LogP contribution is -2.41. The molecule has 3 nitrogen and oxygen atoms in total. The first-order valence-corrected chi connectivity index (χ1v) is 6.52. The molecule has 2 N–H and O–H groups in total. The first-order chi connectivity index (χ1) is 8.58. The second-order valence-electron chi connectivity index (χ2n) is 5.10. The predicted molar refractivity (Wildman–Crippen MR) is 71.2 cm³/mol. The molecule has 18 heavy (non-hydrogen) atoms. The zero-order valence-corrected chi connectivity index (χ0v) is 11.0. The van der Waals surface area contributed by atoms with Crippen molar-refractivity contribution in [2.24, 2.45) is 0 Å². The quantitative estimate of drug-likeness (QED) is 0.840. The van der Waals surface area contributed by atoms with E-state index in [9.17, 15) is 4.39 Å². The van der Waals surface area contributed by atoms with E-state index < -0.39 is 5.82 Å². The summed E-state index contributed by atoms with van der Waals surface area (Å²) in [5.41, 5.74) is 5.78. The Morgan fingerprint density at radius 2 is 2.00 bits per heavy atom. The number of nitrogen functional groups attached to an aromatic ring is 1. The maximum Gasteiger partial charge on any atom is 0.149 e. The number of para-hydroxylation sites is 1. The molecule has 0 saturated carbocycles. The van der Waals surface area contributed by atoms with E-state index in [0.29, 0.717) is 11.8 Å². The molecule has 1 saturated heterocycles. The van der Waals surface area contributed by atoms with Crippen LogP contribution in [0.25, 0.3) is 0 Å². The van der Waals surface area contributed by atoms with Gasteiger partial charge in [0.25, 0.3) is 0 Å². The zero-order valence-electron chi connectivity index (χ0n) is 11.0. The number of piperidine rings is 1. The lowest BCUT2D eigenvalue weighted by molar-refractivity contribution is 0.0846. The van der Waals surface area contributed by atoms with Crippen LogP contribution in [-0.2, 0) is 0 Å². The molecule has 0 atom stereocenters. The van der Waals surface area contributed by atoms with Gasteiger partial charge in [-0.15, -0.1) is 0 Å². The molecule has 1 aromatic rings. The second kappa shape index (κ2) is 5.57. The van der Waals surface area contributed by atoms with Crippen molar-refractivity contribution >= 4 is 5.69 Å². The predicted octanol–water partition coefficient (Wildman–Crippen LogP) is 2.66. The van der Waals surface area contributed by atoms with Crippen molar-refractivity contribution in [3.63, 3.8) is 0 Å². The molecule has 0 amide bonds. The number of anilines is 1. The van der Waals surface area contributed by atoms with E-state index in [1.54, 1.807) is 12.1 Å². The van der Waals surface area contributed by atoms with E-state index in [1.165, 1.54) is 6.07 Å². The number of rotatable bonds is 3. The van der Waals surface area contributed by atoms with Gasteiger partial charge in [0.15, 0.2) is 0 Å². The Hall–Kier alpha value is -1.29. The third kappa shape index (κ3) is 2.93. The molecule has 0 aliphatic carbocycles. The minimum atomic E-state index is -0.410. The van der Waals surface area contributed by atoms with Crippen LogP contribution in [0, 0.1) is 5.82 Å². The van der Waals surface area contributed by atoms with Crippen molar-refractivity contribution in [3.05, 3.63) is 24.0 Å². The van der Waals surface area contributed by atoms with Gasteiger partial charge >= 0.3 is 0 Å². The maximum atomic E-state index is 13.3. The van der Waals surface area contributed by atoms with E-state index in [2.05, 4.69) is 18.7 Å². The third-order valence-corrected chi connectivity index (χ3v) is 3.51.